The Bertz CT molecular complexity index is 1370. The van der Waals surface area contributed by atoms with Crippen molar-refractivity contribution in [2.45, 2.75) is 12.4 Å². The Labute approximate surface area is 183 Å². The van der Waals surface area contributed by atoms with Crippen LogP contribution in [0.5, 0.6) is 0 Å². The molecule has 0 atom stereocenters. The normalized spacial score (nSPS) is 13.7. The van der Waals surface area contributed by atoms with E-state index in [9.17, 15) is 43.9 Å². The number of halogens is 10. The molecule has 12 heteroatoms. The van der Waals surface area contributed by atoms with Gasteiger partial charge in [0.2, 0.25) is 0 Å². The molecule has 0 amide bonds. The second-order valence-electron chi connectivity index (χ2n) is 7.33. The molecule has 0 bridgehead atoms. The number of nitrogens with one attached hydrogen (secondary N) is 2. The van der Waals surface area contributed by atoms with E-state index in [1.165, 1.54) is 0 Å². The minimum Gasteiger partial charge on any atom is -0.300 e. The lowest BCUT2D eigenvalue weighted by Gasteiger charge is -2.25. The summed E-state index contributed by atoms with van der Waals surface area (Å²) >= 11 is 0. The smallest absolute Gasteiger partial charge is 0.300 e. The van der Waals surface area contributed by atoms with E-state index in [0.29, 0.717) is 18.2 Å². The maximum Gasteiger partial charge on any atom is 0.416 e. The zero-order valence-electron chi connectivity index (χ0n) is 16.2. The molecule has 0 saturated heterocycles. The molecule has 4 rings (SSSR count). The highest BCUT2D eigenvalue weighted by atomic mass is 19.4. The second kappa shape index (κ2) is 7.40. The van der Waals surface area contributed by atoms with Gasteiger partial charge in [-0.15, -0.1) is 0 Å². The Morgan fingerprint density at radius 1 is 0.500 bits per heavy atom. The molecule has 34 heavy (non-hydrogen) atoms. The second-order valence-corrected chi connectivity index (χ2v) is 7.33. The molecule has 3 aromatic rings. The van der Waals surface area contributed by atoms with Crippen molar-refractivity contribution in [1.29, 1.82) is 10.8 Å². The molecule has 1 aliphatic rings. The van der Waals surface area contributed by atoms with Crippen molar-refractivity contribution in [2.24, 2.45) is 0 Å². The van der Waals surface area contributed by atoms with Gasteiger partial charge in [-0.3, -0.25) is 10.8 Å². The fourth-order valence-corrected chi connectivity index (χ4v) is 3.69. The predicted molar refractivity (Wildman–Crippen MR) is 100 cm³/mol. The van der Waals surface area contributed by atoms with E-state index in [4.69, 9.17) is 10.8 Å². The fraction of sp³-hybridized carbons (Fsp3) is 0.0909. The maximum atomic E-state index is 14.9. The summed E-state index contributed by atoms with van der Waals surface area (Å²) in [5.74, 6) is -6.50. The van der Waals surface area contributed by atoms with E-state index in [-0.39, 0.29) is 18.2 Å². The Balaban J connectivity index is 2.10. The summed E-state index contributed by atoms with van der Waals surface area (Å²) in [4.78, 5) is 0. The SMILES string of the molecule is N=C1c2cc(F)c(F)cc2C(=N)c2c1cc(F)c(F)c2-c1cc(C(F)(F)F)cc(C(F)(F)F)c1. The summed E-state index contributed by atoms with van der Waals surface area (Å²) in [7, 11) is 0. The van der Waals surface area contributed by atoms with Crippen molar-refractivity contribution in [1.82, 2.24) is 0 Å². The van der Waals surface area contributed by atoms with Crippen LogP contribution in [0.3, 0.4) is 0 Å². The number of hydrogen-bond acceptors (Lipinski definition) is 2. The lowest BCUT2D eigenvalue weighted by molar-refractivity contribution is -0.143. The molecule has 0 saturated carbocycles. The van der Waals surface area contributed by atoms with Crippen LogP contribution in [0.15, 0.2) is 36.4 Å². The lowest BCUT2D eigenvalue weighted by atomic mass is 9.79. The van der Waals surface area contributed by atoms with E-state index < -0.39 is 91.6 Å². The first-order chi connectivity index (χ1) is 15.6. The minimum atomic E-state index is -5.30. The molecule has 0 aromatic heterocycles. The van der Waals surface area contributed by atoms with Gasteiger partial charge in [-0.05, 0) is 42.0 Å². The molecule has 3 aromatic carbocycles. The summed E-state index contributed by atoms with van der Waals surface area (Å²) in [6.45, 7) is 0. The minimum absolute atomic E-state index is 0.144. The van der Waals surface area contributed by atoms with Gasteiger partial charge >= 0.3 is 12.4 Å². The van der Waals surface area contributed by atoms with Gasteiger partial charge in [-0.25, -0.2) is 17.6 Å². The standard InChI is InChI=1S/C22H8F10N2/c23-13-4-10-11(5-14(13)24)20(34)17-12(19(10)33)6-15(25)18(26)16(17)7-1-8(21(27,28)29)3-9(2-7)22(30,31)32/h1-6,33-34H. The Hall–Kier alpha value is -3.70. The van der Waals surface area contributed by atoms with Gasteiger partial charge in [-0.2, -0.15) is 26.3 Å². The monoisotopic (exact) mass is 490 g/mol. The third-order valence-corrected chi connectivity index (χ3v) is 5.21. The summed E-state index contributed by atoms with van der Waals surface area (Å²) in [6, 6.07) is 1.48. The van der Waals surface area contributed by atoms with Crippen LogP contribution in [-0.2, 0) is 12.4 Å². The molecular formula is C22H8F10N2. The topological polar surface area (TPSA) is 47.7 Å². The predicted octanol–water partition coefficient (Wildman–Crippen LogP) is 7.09. The molecule has 0 fully saturated rings. The van der Waals surface area contributed by atoms with E-state index in [1.54, 1.807) is 0 Å². The van der Waals surface area contributed by atoms with Crippen molar-refractivity contribution >= 4 is 11.4 Å². The number of hydrogen-bond donors (Lipinski definition) is 2. The van der Waals surface area contributed by atoms with Crippen LogP contribution in [0.2, 0.25) is 0 Å². The summed E-state index contributed by atoms with van der Waals surface area (Å²) in [5, 5.41) is 16.5. The highest BCUT2D eigenvalue weighted by Crippen LogP contribution is 2.42. The van der Waals surface area contributed by atoms with Gasteiger partial charge in [0.1, 0.15) is 0 Å². The first-order valence-electron chi connectivity index (χ1n) is 9.10. The zero-order valence-corrected chi connectivity index (χ0v) is 16.2. The molecule has 1 aliphatic carbocycles. The van der Waals surface area contributed by atoms with Crippen molar-refractivity contribution in [3.63, 3.8) is 0 Å². The highest BCUT2D eigenvalue weighted by Gasteiger charge is 2.39. The first-order valence-corrected chi connectivity index (χ1v) is 9.10. The molecule has 0 spiro atoms. The quantitative estimate of drug-likeness (QED) is 0.268. The highest BCUT2D eigenvalue weighted by molar-refractivity contribution is 6.31. The van der Waals surface area contributed by atoms with Gasteiger partial charge in [-0.1, -0.05) is 0 Å². The number of benzene rings is 3. The van der Waals surface area contributed by atoms with Crippen molar-refractivity contribution < 1.29 is 43.9 Å². The summed E-state index contributed by atoms with van der Waals surface area (Å²) in [5.41, 5.74) is -9.65. The Morgan fingerprint density at radius 3 is 1.41 bits per heavy atom. The van der Waals surface area contributed by atoms with Crippen molar-refractivity contribution in [3.05, 3.63) is 93.0 Å². The summed E-state index contributed by atoms with van der Waals surface area (Å²) < 4.78 is 137. The molecule has 176 valence electrons. The molecular weight excluding hydrogens is 482 g/mol. The molecule has 0 radical (unpaired) electrons. The van der Waals surface area contributed by atoms with Crippen LogP contribution >= 0.6 is 0 Å². The maximum absolute atomic E-state index is 14.9. The third-order valence-electron chi connectivity index (χ3n) is 5.21. The average Bonchev–Trinajstić information content (AvgIpc) is 2.73. The molecule has 0 heterocycles. The summed E-state index contributed by atoms with van der Waals surface area (Å²) in [6.07, 6.45) is -10.6. The Kier molecular flexibility index (Phi) is 5.11. The van der Waals surface area contributed by atoms with Gasteiger partial charge in [0, 0.05) is 27.8 Å². The molecule has 0 unspecified atom stereocenters. The van der Waals surface area contributed by atoms with Gasteiger partial charge in [0.25, 0.3) is 0 Å². The van der Waals surface area contributed by atoms with Gasteiger partial charge in [0.05, 0.1) is 22.6 Å². The van der Waals surface area contributed by atoms with Gasteiger partial charge in [0.15, 0.2) is 23.3 Å². The van der Waals surface area contributed by atoms with E-state index in [2.05, 4.69) is 0 Å². The molecule has 0 aliphatic heterocycles. The van der Waals surface area contributed by atoms with E-state index >= 15 is 0 Å². The number of fused-ring (bicyclic) bond motifs is 2. The first kappa shape index (κ1) is 23.5. The number of rotatable bonds is 1. The fourth-order valence-electron chi connectivity index (χ4n) is 3.69. The number of alkyl halides is 6. The molecule has 2 N–H and O–H groups in total. The van der Waals surface area contributed by atoms with Crippen LogP contribution in [0, 0.1) is 34.1 Å². The lowest BCUT2D eigenvalue weighted by Crippen LogP contribution is -2.24. The van der Waals surface area contributed by atoms with Crippen LogP contribution < -0.4 is 0 Å². The Morgan fingerprint density at radius 2 is 0.941 bits per heavy atom. The largest absolute Gasteiger partial charge is 0.416 e. The average molecular weight is 490 g/mol. The van der Waals surface area contributed by atoms with Crippen molar-refractivity contribution in [2.75, 3.05) is 0 Å². The van der Waals surface area contributed by atoms with Crippen LogP contribution in [0.4, 0.5) is 43.9 Å². The third kappa shape index (κ3) is 3.62. The zero-order chi connectivity index (χ0) is 25.3. The molecule has 2 nitrogen and oxygen atoms in total. The van der Waals surface area contributed by atoms with Gasteiger partial charge < -0.3 is 0 Å². The van der Waals surface area contributed by atoms with Crippen LogP contribution in [0.1, 0.15) is 33.4 Å². The van der Waals surface area contributed by atoms with Crippen LogP contribution in [0.25, 0.3) is 11.1 Å². The van der Waals surface area contributed by atoms with E-state index in [0.717, 1.165) is 0 Å². The van der Waals surface area contributed by atoms with E-state index in [1.807, 2.05) is 0 Å². The van der Waals surface area contributed by atoms with Crippen molar-refractivity contribution in [3.8, 4) is 11.1 Å². The van der Waals surface area contributed by atoms with Crippen LogP contribution in [-0.4, -0.2) is 11.4 Å².